The lowest BCUT2D eigenvalue weighted by Crippen LogP contribution is -2.49. The number of amides is 3. The third-order valence-electron chi connectivity index (χ3n) is 8.44. The van der Waals surface area contributed by atoms with Crippen LogP contribution in [0.1, 0.15) is 77.3 Å². The number of carbonyl (C=O) groups is 3. The molecule has 3 heterocycles. The third-order valence-corrected chi connectivity index (χ3v) is 8.44. The highest BCUT2D eigenvalue weighted by Gasteiger charge is 2.46. The van der Waals surface area contributed by atoms with Crippen molar-refractivity contribution in [2.75, 3.05) is 13.1 Å². The Labute approximate surface area is 217 Å². The lowest BCUT2D eigenvalue weighted by Gasteiger charge is -2.52. The molecule has 1 aromatic carbocycles. The van der Waals surface area contributed by atoms with Crippen LogP contribution < -0.4 is 11.0 Å². The van der Waals surface area contributed by atoms with Gasteiger partial charge in [0.25, 0.3) is 0 Å². The molecule has 2 aromatic rings. The molecule has 5 rings (SSSR count). The summed E-state index contributed by atoms with van der Waals surface area (Å²) in [5.41, 5.74) is 2.40. The van der Waals surface area contributed by atoms with Crippen molar-refractivity contribution in [3.05, 3.63) is 34.2 Å². The van der Waals surface area contributed by atoms with Gasteiger partial charge in [-0.05, 0) is 94.7 Å². The maximum atomic E-state index is 13.0. The molecule has 1 unspecified atom stereocenters. The number of imidazole rings is 1. The summed E-state index contributed by atoms with van der Waals surface area (Å²) in [5.74, 6) is -0.0189. The second kappa shape index (κ2) is 9.33. The van der Waals surface area contributed by atoms with Crippen molar-refractivity contribution in [1.29, 1.82) is 0 Å². The fourth-order valence-electron chi connectivity index (χ4n) is 6.43. The lowest BCUT2D eigenvalue weighted by atomic mass is 9.56. The molecule has 200 valence electrons. The molecule has 3 aliphatic rings. The molecule has 1 saturated carbocycles. The summed E-state index contributed by atoms with van der Waals surface area (Å²) in [5, 5.41) is 2.35. The van der Waals surface area contributed by atoms with Crippen LogP contribution in [0.5, 0.6) is 0 Å². The van der Waals surface area contributed by atoms with Crippen LogP contribution in [0, 0.1) is 11.3 Å². The Morgan fingerprint density at radius 1 is 1.11 bits per heavy atom. The molecule has 1 N–H and O–H groups in total. The van der Waals surface area contributed by atoms with Gasteiger partial charge in [-0.1, -0.05) is 6.07 Å². The van der Waals surface area contributed by atoms with E-state index in [0.29, 0.717) is 17.8 Å². The van der Waals surface area contributed by atoms with Crippen molar-refractivity contribution in [1.82, 2.24) is 19.4 Å². The third kappa shape index (κ3) is 5.05. The molecule has 1 atom stereocenters. The number of imide groups is 1. The molecule has 0 bridgehead atoms. The van der Waals surface area contributed by atoms with Crippen molar-refractivity contribution >= 4 is 28.9 Å². The Bertz CT molecular complexity index is 1280. The standard InChI is InChI=1S/C28H38N4O5/c1-27(2,3)37-26(36)31-13-11-28(12-14-31)16-19(17-28)6-5-18-7-8-20-22(15-18)30(4)25(35)32(20)21-9-10-23(33)29-24(21)34/h7-8,15,19,21H,5-6,9-14,16-17H2,1-4H3,(H,29,33,34). The van der Waals surface area contributed by atoms with Gasteiger partial charge in [0.15, 0.2) is 0 Å². The van der Waals surface area contributed by atoms with Gasteiger partial charge in [0.2, 0.25) is 11.8 Å². The Balaban J connectivity index is 1.17. The van der Waals surface area contributed by atoms with E-state index in [1.807, 2.05) is 31.7 Å². The van der Waals surface area contributed by atoms with Crippen molar-refractivity contribution in [2.45, 2.75) is 83.8 Å². The maximum Gasteiger partial charge on any atom is 0.410 e. The highest BCUT2D eigenvalue weighted by Crippen LogP contribution is 2.54. The minimum Gasteiger partial charge on any atom is -0.444 e. The van der Waals surface area contributed by atoms with Gasteiger partial charge in [0, 0.05) is 26.6 Å². The molecule has 2 aliphatic heterocycles. The largest absolute Gasteiger partial charge is 0.444 e. The summed E-state index contributed by atoms with van der Waals surface area (Å²) in [6, 6.07) is 5.39. The van der Waals surface area contributed by atoms with Crippen LogP contribution in [0.3, 0.4) is 0 Å². The molecule has 9 nitrogen and oxygen atoms in total. The molecule has 9 heteroatoms. The zero-order valence-corrected chi connectivity index (χ0v) is 22.3. The predicted molar refractivity (Wildman–Crippen MR) is 139 cm³/mol. The van der Waals surface area contributed by atoms with Crippen molar-refractivity contribution in [3.63, 3.8) is 0 Å². The van der Waals surface area contributed by atoms with Crippen LogP contribution in [0.15, 0.2) is 23.0 Å². The Hall–Kier alpha value is -3.10. The van der Waals surface area contributed by atoms with Crippen LogP contribution in [-0.2, 0) is 27.8 Å². The van der Waals surface area contributed by atoms with Crippen LogP contribution in [0.4, 0.5) is 4.79 Å². The van der Waals surface area contributed by atoms with E-state index in [-0.39, 0.29) is 24.1 Å². The number of carbonyl (C=O) groups excluding carboxylic acids is 3. The van der Waals surface area contributed by atoms with E-state index in [1.165, 1.54) is 23.0 Å². The van der Waals surface area contributed by atoms with Crippen LogP contribution in [-0.4, -0.2) is 50.6 Å². The fourth-order valence-corrected chi connectivity index (χ4v) is 6.43. The van der Waals surface area contributed by atoms with Crippen LogP contribution in [0.2, 0.25) is 0 Å². The van der Waals surface area contributed by atoms with Crippen LogP contribution >= 0.6 is 0 Å². The second-order valence-electron chi connectivity index (χ2n) is 12.3. The van der Waals surface area contributed by atoms with Crippen LogP contribution in [0.25, 0.3) is 11.0 Å². The molecule has 2 saturated heterocycles. The number of aromatic nitrogens is 2. The molecule has 37 heavy (non-hydrogen) atoms. The average molecular weight is 511 g/mol. The molecule has 0 radical (unpaired) electrons. The molecular weight excluding hydrogens is 472 g/mol. The van der Waals surface area contributed by atoms with Gasteiger partial charge in [-0.25, -0.2) is 9.59 Å². The number of benzene rings is 1. The molecular formula is C28H38N4O5. The minimum atomic E-state index is -0.660. The number of hydrogen-bond acceptors (Lipinski definition) is 5. The monoisotopic (exact) mass is 510 g/mol. The number of ether oxygens (including phenoxy) is 1. The average Bonchev–Trinajstić information content (AvgIpc) is 3.05. The van der Waals surface area contributed by atoms with Gasteiger partial charge in [-0.3, -0.25) is 24.0 Å². The van der Waals surface area contributed by atoms with E-state index in [2.05, 4.69) is 17.4 Å². The summed E-state index contributed by atoms with van der Waals surface area (Å²) in [4.78, 5) is 51.1. The van der Waals surface area contributed by atoms with Gasteiger partial charge in [-0.15, -0.1) is 0 Å². The van der Waals surface area contributed by atoms with Gasteiger partial charge < -0.3 is 9.64 Å². The molecule has 3 fully saturated rings. The van der Waals surface area contributed by atoms with E-state index >= 15 is 0 Å². The van der Waals surface area contributed by atoms with Crippen molar-refractivity contribution in [3.8, 4) is 0 Å². The normalized spacial score (nSPS) is 22.3. The van der Waals surface area contributed by atoms with E-state index in [0.717, 1.165) is 49.8 Å². The van der Waals surface area contributed by atoms with Gasteiger partial charge >= 0.3 is 11.8 Å². The minimum absolute atomic E-state index is 0.200. The van der Waals surface area contributed by atoms with Gasteiger partial charge in [0.1, 0.15) is 11.6 Å². The lowest BCUT2D eigenvalue weighted by molar-refractivity contribution is -0.135. The summed E-state index contributed by atoms with van der Waals surface area (Å²) in [6.07, 6.45) is 6.93. The topological polar surface area (TPSA) is 103 Å². The van der Waals surface area contributed by atoms with E-state index in [1.54, 1.807) is 11.6 Å². The summed E-state index contributed by atoms with van der Waals surface area (Å²) in [7, 11) is 1.73. The highest BCUT2D eigenvalue weighted by atomic mass is 16.6. The molecule has 1 aromatic heterocycles. The Morgan fingerprint density at radius 3 is 2.46 bits per heavy atom. The quantitative estimate of drug-likeness (QED) is 0.632. The molecule has 1 aliphatic carbocycles. The first-order valence-electron chi connectivity index (χ1n) is 13.5. The number of piperidine rings is 2. The fraction of sp³-hybridized carbons (Fsp3) is 0.643. The van der Waals surface area contributed by atoms with Gasteiger partial charge in [-0.2, -0.15) is 0 Å². The number of rotatable bonds is 4. The van der Waals surface area contributed by atoms with E-state index in [4.69, 9.17) is 4.74 Å². The number of aryl methyl sites for hydroxylation is 2. The van der Waals surface area contributed by atoms with Crippen molar-refractivity contribution in [2.24, 2.45) is 18.4 Å². The summed E-state index contributed by atoms with van der Waals surface area (Å²) in [6.45, 7) is 7.25. The highest BCUT2D eigenvalue weighted by molar-refractivity contribution is 6.00. The number of nitrogens with one attached hydrogen (secondary N) is 1. The predicted octanol–water partition coefficient (Wildman–Crippen LogP) is 3.68. The smallest absolute Gasteiger partial charge is 0.410 e. The summed E-state index contributed by atoms with van der Waals surface area (Å²) >= 11 is 0. The molecule has 3 amide bonds. The number of nitrogens with zero attached hydrogens (tertiary/aromatic N) is 3. The first kappa shape index (κ1) is 25.5. The summed E-state index contributed by atoms with van der Waals surface area (Å²) < 4.78 is 8.65. The zero-order valence-electron chi connectivity index (χ0n) is 22.3. The van der Waals surface area contributed by atoms with E-state index < -0.39 is 17.6 Å². The van der Waals surface area contributed by atoms with Gasteiger partial charge in [0.05, 0.1) is 11.0 Å². The number of fused-ring (bicyclic) bond motifs is 1. The van der Waals surface area contributed by atoms with Crippen molar-refractivity contribution < 1.29 is 19.1 Å². The molecule has 1 spiro atoms. The number of likely N-dealkylation sites (tertiary alicyclic amines) is 1. The Kier molecular flexibility index (Phi) is 6.44. The Morgan fingerprint density at radius 2 is 1.81 bits per heavy atom. The zero-order chi connectivity index (χ0) is 26.5. The number of hydrogen-bond donors (Lipinski definition) is 1. The second-order valence-corrected chi connectivity index (χ2v) is 12.3. The SMILES string of the molecule is Cn1c(=O)n(C2CCC(=O)NC2=O)c2ccc(CCC3CC4(CCN(C(=O)OC(C)(C)C)CC4)C3)cc21. The van der Waals surface area contributed by atoms with E-state index in [9.17, 15) is 19.2 Å². The maximum absolute atomic E-state index is 13.0. The first-order chi connectivity index (χ1) is 17.4. The first-order valence-corrected chi connectivity index (χ1v) is 13.5.